The molecule has 4 amide bonds. The predicted octanol–water partition coefficient (Wildman–Crippen LogP) is 6.28. The molecule has 4 N–H and O–H groups in total. The van der Waals surface area contributed by atoms with Crippen molar-refractivity contribution < 1.29 is 39.0 Å². The lowest BCUT2D eigenvalue weighted by Crippen LogP contribution is -2.27. The molecule has 2 aromatic carbocycles. The van der Waals surface area contributed by atoms with Gasteiger partial charge in [-0.15, -0.1) is 0 Å². The van der Waals surface area contributed by atoms with Crippen molar-refractivity contribution in [3.05, 3.63) is 32.5 Å². The van der Waals surface area contributed by atoms with Crippen molar-refractivity contribution in [2.45, 2.75) is 27.7 Å². The van der Waals surface area contributed by atoms with Crippen LogP contribution in [0.1, 0.15) is 48.4 Å². The molecule has 228 valence electrons. The van der Waals surface area contributed by atoms with Crippen molar-refractivity contribution in [1.29, 1.82) is 0 Å². The van der Waals surface area contributed by atoms with Crippen LogP contribution in [0.2, 0.25) is 0 Å². The molecule has 18 heteroatoms. The Morgan fingerprint density at radius 2 is 0.786 bits per heavy atom. The van der Waals surface area contributed by atoms with Gasteiger partial charge in [-0.05, 0) is 136 Å². The topological polar surface area (TPSA) is 173 Å². The van der Waals surface area contributed by atoms with E-state index >= 15 is 0 Å². The van der Waals surface area contributed by atoms with Gasteiger partial charge in [0.1, 0.15) is 0 Å². The number of benzene rings is 2. The summed E-state index contributed by atoms with van der Waals surface area (Å²) in [5.41, 5.74) is 1.91. The summed E-state index contributed by atoms with van der Waals surface area (Å²) in [4.78, 5) is 71.7. The van der Waals surface area contributed by atoms with Gasteiger partial charge < -0.3 is 30.6 Å². The van der Waals surface area contributed by atoms with Crippen LogP contribution < -0.4 is 20.4 Å². The Labute approximate surface area is 323 Å². The Hall–Kier alpha value is -0.360. The molecule has 0 aromatic heterocycles. The molecular weight excluding hydrogens is 1230 g/mol. The second kappa shape index (κ2) is 16.8. The summed E-state index contributed by atoms with van der Waals surface area (Å²) in [6, 6.07) is 0. The van der Waals surface area contributed by atoms with E-state index in [1.165, 1.54) is 37.5 Å². The van der Waals surface area contributed by atoms with Crippen molar-refractivity contribution in [2.75, 3.05) is 34.5 Å². The second-order valence-corrected chi connectivity index (χ2v) is 14.7. The number of nitrogens with one attached hydrogen (secondary N) is 2. The normalized spacial score (nSPS) is 10.2. The quantitative estimate of drug-likeness (QED) is 0.245. The number of rotatable bonds is 6. The van der Waals surface area contributed by atoms with Crippen molar-refractivity contribution in [3.63, 3.8) is 0 Å². The number of hydrogen-bond acceptors (Lipinski definition) is 6. The first-order valence-corrected chi connectivity index (χ1v) is 17.6. The minimum absolute atomic E-state index is 0.0727. The molecule has 0 saturated heterocycles. The van der Waals surface area contributed by atoms with Gasteiger partial charge in [0.2, 0.25) is 23.6 Å². The summed E-state index contributed by atoms with van der Waals surface area (Å²) >= 11 is 11.6. The zero-order chi connectivity index (χ0) is 33.0. The van der Waals surface area contributed by atoms with Crippen LogP contribution in [0.15, 0.2) is 0 Å². The van der Waals surface area contributed by atoms with Crippen LogP contribution in [0, 0.1) is 21.4 Å². The fourth-order valence-electron chi connectivity index (χ4n) is 3.15. The maximum absolute atomic E-state index is 11.6. The monoisotopic (exact) mass is 1260 g/mol. The van der Waals surface area contributed by atoms with E-state index < -0.39 is 11.9 Å². The molecule has 0 heterocycles. The SMILES string of the molecule is CC(=O)Nc1c(I)c(C(=O)O)c(I)c(N(C)C(C)=O)c1I.CC(=O)Nc1c(I)c(C(=O)O)c(I)c(N(C)C(C)=O)c1I. The third-order valence-corrected chi connectivity index (χ3v) is 11.6. The van der Waals surface area contributed by atoms with Gasteiger partial charge in [-0.25, -0.2) is 9.59 Å². The number of carbonyl (C=O) groups excluding carboxylic acids is 4. The Kier molecular flexibility index (Phi) is 15.9. The van der Waals surface area contributed by atoms with Crippen LogP contribution >= 0.6 is 136 Å². The van der Waals surface area contributed by atoms with Gasteiger partial charge in [0, 0.05) is 41.8 Å². The number of hydrogen-bond donors (Lipinski definition) is 4. The summed E-state index contributed by atoms with van der Waals surface area (Å²) in [5, 5.41) is 24.1. The number of anilines is 4. The third-order valence-electron chi connectivity index (χ3n) is 5.23. The summed E-state index contributed by atoms with van der Waals surface area (Å²) in [7, 11) is 3.13. The molecule has 0 fully saturated rings. The molecule has 0 unspecified atom stereocenters. The first-order valence-electron chi connectivity index (χ1n) is 11.1. The molecule has 0 aliphatic heterocycles. The fourth-order valence-corrected chi connectivity index (χ4v) is 12.4. The van der Waals surface area contributed by atoms with Gasteiger partial charge >= 0.3 is 11.9 Å². The molecule has 0 aliphatic rings. The predicted molar refractivity (Wildman–Crippen MR) is 210 cm³/mol. The van der Waals surface area contributed by atoms with E-state index in [-0.39, 0.29) is 34.8 Å². The zero-order valence-corrected chi connectivity index (χ0v) is 35.5. The van der Waals surface area contributed by atoms with E-state index in [0.717, 1.165) is 0 Å². The van der Waals surface area contributed by atoms with Crippen LogP contribution in [-0.2, 0) is 19.2 Å². The smallest absolute Gasteiger partial charge is 0.338 e. The maximum Gasteiger partial charge on any atom is 0.338 e. The standard InChI is InChI=1S/2C12H11I3N2O4/c2*1-4(18)16-10-7(13)6(12(20)21)8(14)11(9(10)15)17(3)5(2)19/h2*1-3H3,(H,16,18)(H,20,21). The van der Waals surface area contributed by atoms with Crippen LogP contribution in [-0.4, -0.2) is 59.9 Å². The van der Waals surface area contributed by atoms with Crippen molar-refractivity contribution in [1.82, 2.24) is 0 Å². The Bertz CT molecular complexity index is 1400. The molecule has 0 radical (unpaired) electrons. The van der Waals surface area contributed by atoms with Crippen molar-refractivity contribution in [2.24, 2.45) is 0 Å². The highest BCUT2D eigenvalue weighted by Gasteiger charge is 2.29. The number of amides is 4. The largest absolute Gasteiger partial charge is 0.478 e. The maximum atomic E-state index is 11.6. The number of carbonyl (C=O) groups is 6. The first kappa shape index (κ1) is 39.7. The van der Waals surface area contributed by atoms with Crippen molar-refractivity contribution in [3.8, 4) is 0 Å². The summed E-state index contributed by atoms with van der Waals surface area (Å²) in [6.07, 6.45) is 0. The lowest BCUT2D eigenvalue weighted by atomic mass is 10.1. The molecule has 12 nitrogen and oxygen atoms in total. The number of carboxylic acids is 2. The highest BCUT2D eigenvalue weighted by Crippen LogP contribution is 2.41. The fraction of sp³-hybridized carbons (Fsp3) is 0.250. The van der Waals surface area contributed by atoms with E-state index in [1.807, 2.05) is 136 Å². The molecule has 0 bridgehead atoms. The van der Waals surface area contributed by atoms with Crippen LogP contribution in [0.3, 0.4) is 0 Å². The minimum Gasteiger partial charge on any atom is -0.478 e. The van der Waals surface area contributed by atoms with Gasteiger partial charge in [-0.3, -0.25) is 19.2 Å². The number of halogens is 6. The second-order valence-electron chi connectivity index (χ2n) is 8.21. The Morgan fingerprint density at radius 3 is 0.976 bits per heavy atom. The average molecular weight is 1260 g/mol. The van der Waals surface area contributed by atoms with E-state index in [1.54, 1.807) is 14.1 Å². The summed E-state index contributed by atoms with van der Waals surface area (Å²) in [6.45, 7) is 5.48. The number of carboxylic acid groups (broad SMARTS) is 2. The Morgan fingerprint density at radius 1 is 0.524 bits per heavy atom. The lowest BCUT2D eigenvalue weighted by molar-refractivity contribution is -0.117. The molecule has 0 spiro atoms. The third kappa shape index (κ3) is 9.33. The number of nitrogens with zero attached hydrogens (tertiary/aromatic N) is 2. The van der Waals surface area contributed by atoms with Gasteiger partial charge in [-0.2, -0.15) is 0 Å². The molecular formula is C24H22I6N4O8. The van der Waals surface area contributed by atoms with Crippen LogP contribution in [0.4, 0.5) is 22.7 Å². The van der Waals surface area contributed by atoms with Crippen LogP contribution in [0.5, 0.6) is 0 Å². The van der Waals surface area contributed by atoms with E-state index in [9.17, 15) is 39.0 Å². The average Bonchev–Trinajstić information content (AvgIpc) is 2.83. The minimum atomic E-state index is -1.11. The zero-order valence-electron chi connectivity index (χ0n) is 22.5. The highest BCUT2D eigenvalue weighted by atomic mass is 127. The van der Waals surface area contributed by atoms with Gasteiger partial charge in [0.25, 0.3) is 0 Å². The van der Waals surface area contributed by atoms with Gasteiger partial charge in [0.15, 0.2) is 0 Å². The van der Waals surface area contributed by atoms with E-state index in [2.05, 4.69) is 10.6 Å². The highest BCUT2D eigenvalue weighted by molar-refractivity contribution is 14.1. The lowest BCUT2D eigenvalue weighted by Gasteiger charge is -2.23. The van der Waals surface area contributed by atoms with Crippen molar-refractivity contribution >= 4 is 194 Å². The van der Waals surface area contributed by atoms with Crippen LogP contribution in [0.25, 0.3) is 0 Å². The summed E-state index contributed by atoms with van der Waals surface area (Å²) in [5.74, 6) is -3.27. The van der Waals surface area contributed by atoms with Gasteiger partial charge in [-0.1, -0.05) is 0 Å². The molecule has 2 aromatic rings. The van der Waals surface area contributed by atoms with Gasteiger partial charge in [0.05, 0.1) is 55.3 Å². The first-order chi connectivity index (χ1) is 19.2. The Balaban J connectivity index is 0.000000420. The van der Waals surface area contributed by atoms with E-state index in [0.29, 0.717) is 44.2 Å². The molecule has 0 aliphatic carbocycles. The molecule has 2 rings (SSSR count). The molecule has 0 saturated carbocycles. The molecule has 42 heavy (non-hydrogen) atoms. The van der Waals surface area contributed by atoms with E-state index in [4.69, 9.17) is 0 Å². The molecule has 0 atom stereocenters. The number of aromatic carboxylic acids is 2. The summed E-state index contributed by atoms with van der Waals surface area (Å²) < 4.78 is 3.04.